The third kappa shape index (κ3) is 2.77. The van der Waals surface area contributed by atoms with Gasteiger partial charge >= 0.3 is 0 Å². The summed E-state index contributed by atoms with van der Waals surface area (Å²) in [5, 5.41) is 0. The summed E-state index contributed by atoms with van der Waals surface area (Å²) in [4.78, 5) is 0. The van der Waals surface area contributed by atoms with Gasteiger partial charge in [0.2, 0.25) is 0 Å². The normalized spacial score (nSPS) is 26.9. The van der Waals surface area contributed by atoms with Crippen LogP contribution >= 0.6 is 22.6 Å². The van der Waals surface area contributed by atoms with Crippen molar-refractivity contribution in [3.05, 3.63) is 32.9 Å². The molecule has 1 heterocycles. The molecule has 2 fully saturated rings. The number of hydrogen-bond donors (Lipinski definition) is 1. The Hall–Kier alpha value is -0.130. The second kappa shape index (κ2) is 5.93. The standard InChI is InChI=1S/C17H24INO/c1-12-5-4-6-14(15(12)18)16(19)13-7-10-20-17(11-13)8-2-3-9-17/h4-6,13,16H,2-3,7-11,19H2,1H3. The number of halogens is 1. The summed E-state index contributed by atoms with van der Waals surface area (Å²) in [5.74, 6) is 0.567. The van der Waals surface area contributed by atoms with E-state index in [9.17, 15) is 0 Å². The first-order chi connectivity index (χ1) is 9.61. The van der Waals surface area contributed by atoms with Gasteiger partial charge in [0.15, 0.2) is 0 Å². The summed E-state index contributed by atoms with van der Waals surface area (Å²) >= 11 is 2.44. The number of nitrogens with two attached hydrogens (primary N) is 1. The summed E-state index contributed by atoms with van der Waals surface area (Å²) in [6, 6.07) is 6.66. The van der Waals surface area contributed by atoms with Gasteiger partial charge in [-0.05, 0) is 72.2 Å². The molecule has 2 unspecified atom stereocenters. The molecule has 1 spiro atoms. The molecule has 0 aromatic heterocycles. The Morgan fingerprint density at radius 1 is 1.35 bits per heavy atom. The maximum Gasteiger partial charge on any atom is 0.0685 e. The lowest BCUT2D eigenvalue weighted by Gasteiger charge is -2.40. The van der Waals surface area contributed by atoms with Gasteiger partial charge in [0.05, 0.1) is 5.60 Å². The average Bonchev–Trinajstić information content (AvgIpc) is 2.89. The van der Waals surface area contributed by atoms with Crippen LogP contribution in [0.1, 0.15) is 55.7 Å². The fourth-order valence-corrected chi connectivity index (χ4v) is 4.64. The van der Waals surface area contributed by atoms with Crippen LogP contribution in [0.4, 0.5) is 0 Å². The Morgan fingerprint density at radius 2 is 2.10 bits per heavy atom. The van der Waals surface area contributed by atoms with Crippen LogP contribution < -0.4 is 5.73 Å². The molecule has 2 atom stereocenters. The van der Waals surface area contributed by atoms with Crippen LogP contribution in [0.3, 0.4) is 0 Å². The molecule has 2 N–H and O–H groups in total. The van der Waals surface area contributed by atoms with Crippen LogP contribution in [0.2, 0.25) is 0 Å². The number of ether oxygens (including phenoxy) is 1. The molecule has 2 nitrogen and oxygen atoms in total. The summed E-state index contributed by atoms with van der Waals surface area (Å²) in [6.07, 6.45) is 7.38. The van der Waals surface area contributed by atoms with Crippen LogP contribution in [0.5, 0.6) is 0 Å². The van der Waals surface area contributed by atoms with Gasteiger partial charge < -0.3 is 10.5 Å². The van der Waals surface area contributed by atoms with Gasteiger partial charge in [-0.2, -0.15) is 0 Å². The van der Waals surface area contributed by atoms with Crippen molar-refractivity contribution in [3.63, 3.8) is 0 Å². The van der Waals surface area contributed by atoms with Crippen LogP contribution in [0, 0.1) is 16.4 Å². The van der Waals surface area contributed by atoms with Crippen molar-refractivity contribution in [1.29, 1.82) is 0 Å². The second-order valence-electron chi connectivity index (χ2n) is 6.50. The van der Waals surface area contributed by atoms with E-state index in [1.165, 1.54) is 40.4 Å². The van der Waals surface area contributed by atoms with Crippen molar-refractivity contribution < 1.29 is 4.74 Å². The van der Waals surface area contributed by atoms with E-state index in [2.05, 4.69) is 47.7 Å². The smallest absolute Gasteiger partial charge is 0.0685 e. The Labute approximate surface area is 135 Å². The fourth-order valence-electron chi connectivity index (χ4n) is 3.92. The zero-order valence-corrected chi connectivity index (χ0v) is 14.4. The van der Waals surface area contributed by atoms with Crippen molar-refractivity contribution in [2.75, 3.05) is 6.61 Å². The molecular formula is C17H24INO. The summed E-state index contributed by atoms with van der Waals surface area (Å²) in [5.41, 5.74) is 9.45. The molecule has 1 saturated heterocycles. The topological polar surface area (TPSA) is 35.2 Å². The molecule has 20 heavy (non-hydrogen) atoms. The lowest BCUT2D eigenvalue weighted by Crippen LogP contribution is -2.40. The van der Waals surface area contributed by atoms with Gasteiger partial charge in [-0.3, -0.25) is 0 Å². The molecule has 0 amide bonds. The molecule has 1 aliphatic heterocycles. The van der Waals surface area contributed by atoms with E-state index >= 15 is 0 Å². The summed E-state index contributed by atoms with van der Waals surface area (Å²) in [7, 11) is 0. The average molecular weight is 385 g/mol. The molecule has 1 aliphatic carbocycles. The Bertz CT molecular complexity index is 482. The largest absolute Gasteiger partial charge is 0.375 e. The Balaban J connectivity index is 1.79. The lowest BCUT2D eigenvalue weighted by molar-refractivity contribution is -0.0964. The van der Waals surface area contributed by atoms with Crippen molar-refractivity contribution in [2.45, 2.75) is 57.1 Å². The van der Waals surface area contributed by atoms with Crippen molar-refractivity contribution in [1.82, 2.24) is 0 Å². The molecule has 3 rings (SSSR count). The van der Waals surface area contributed by atoms with E-state index < -0.39 is 0 Å². The van der Waals surface area contributed by atoms with Crippen molar-refractivity contribution in [2.24, 2.45) is 11.7 Å². The highest BCUT2D eigenvalue weighted by molar-refractivity contribution is 14.1. The zero-order valence-electron chi connectivity index (χ0n) is 12.2. The molecule has 3 heteroatoms. The van der Waals surface area contributed by atoms with E-state index in [0.717, 1.165) is 19.4 Å². The first-order valence-corrected chi connectivity index (χ1v) is 8.84. The monoisotopic (exact) mass is 385 g/mol. The van der Waals surface area contributed by atoms with E-state index in [0.29, 0.717) is 5.92 Å². The molecule has 110 valence electrons. The van der Waals surface area contributed by atoms with E-state index in [1.807, 2.05) is 0 Å². The van der Waals surface area contributed by atoms with Crippen LogP contribution in [-0.2, 0) is 4.74 Å². The fraction of sp³-hybridized carbons (Fsp3) is 0.647. The first-order valence-electron chi connectivity index (χ1n) is 7.76. The van der Waals surface area contributed by atoms with Crippen molar-refractivity contribution >= 4 is 22.6 Å². The third-order valence-corrected chi connectivity index (χ3v) is 6.61. The Kier molecular flexibility index (Phi) is 4.39. The third-order valence-electron chi connectivity index (χ3n) is 5.13. The molecular weight excluding hydrogens is 361 g/mol. The van der Waals surface area contributed by atoms with Gasteiger partial charge in [0.1, 0.15) is 0 Å². The van der Waals surface area contributed by atoms with Gasteiger partial charge in [-0.25, -0.2) is 0 Å². The predicted octanol–water partition coefficient (Wildman–Crippen LogP) is 4.34. The molecule has 2 aliphatic rings. The maximum absolute atomic E-state index is 6.63. The molecule has 1 aromatic carbocycles. The minimum Gasteiger partial charge on any atom is -0.375 e. The van der Waals surface area contributed by atoms with Crippen LogP contribution in [0.15, 0.2) is 18.2 Å². The zero-order chi connectivity index (χ0) is 14.2. The quantitative estimate of drug-likeness (QED) is 0.769. The molecule has 0 bridgehead atoms. The second-order valence-corrected chi connectivity index (χ2v) is 7.57. The molecule has 1 aromatic rings. The summed E-state index contributed by atoms with van der Waals surface area (Å²) in [6.45, 7) is 3.06. The minimum atomic E-state index is 0.156. The van der Waals surface area contributed by atoms with Gasteiger partial charge in [0.25, 0.3) is 0 Å². The minimum absolute atomic E-state index is 0.156. The number of hydrogen-bond acceptors (Lipinski definition) is 2. The Morgan fingerprint density at radius 3 is 2.85 bits per heavy atom. The molecule has 0 radical (unpaired) electrons. The van der Waals surface area contributed by atoms with E-state index in [1.54, 1.807) is 0 Å². The highest BCUT2D eigenvalue weighted by Crippen LogP contribution is 2.45. The van der Waals surface area contributed by atoms with Gasteiger partial charge in [-0.15, -0.1) is 0 Å². The lowest BCUT2D eigenvalue weighted by atomic mass is 9.79. The van der Waals surface area contributed by atoms with E-state index in [4.69, 9.17) is 10.5 Å². The van der Waals surface area contributed by atoms with Gasteiger partial charge in [0, 0.05) is 16.2 Å². The summed E-state index contributed by atoms with van der Waals surface area (Å²) < 4.78 is 7.48. The maximum atomic E-state index is 6.63. The number of rotatable bonds is 2. The highest BCUT2D eigenvalue weighted by atomic mass is 127. The van der Waals surface area contributed by atoms with E-state index in [-0.39, 0.29) is 11.6 Å². The number of benzene rings is 1. The van der Waals surface area contributed by atoms with Crippen molar-refractivity contribution in [3.8, 4) is 0 Å². The van der Waals surface area contributed by atoms with Gasteiger partial charge in [-0.1, -0.05) is 31.0 Å². The van der Waals surface area contributed by atoms with Crippen LogP contribution in [0.25, 0.3) is 0 Å². The number of aryl methyl sites for hydroxylation is 1. The molecule has 1 saturated carbocycles. The van der Waals surface area contributed by atoms with Crippen LogP contribution in [-0.4, -0.2) is 12.2 Å². The highest BCUT2D eigenvalue weighted by Gasteiger charge is 2.41. The SMILES string of the molecule is Cc1cccc(C(N)C2CCOC3(CCCC3)C2)c1I. The predicted molar refractivity (Wildman–Crippen MR) is 90.7 cm³/mol. The first kappa shape index (κ1) is 14.8.